The number of rotatable bonds is 3. The van der Waals surface area contributed by atoms with Crippen molar-refractivity contribution in [3.8, 4) is 11.4 Å². The maximum atomic E-state index is 13.0. The molecular formula is C20H17BrFN3O2. The van der Waals surface area contributed by atoms with Crippen molar-refractivity contribution in [1.29, 1.82) is 0 Å². The van der Waals surface area contributed by atoms with Crippen molar-refractivity contribution < 1.29 is 13.7 Å². The first-order valence-electron chi connectivity index (χ1n) is 8.74. The van der Waals surface area contributed by atoms with Crippen molar-refractivity contribution >= 4 is 21.8 Å². The summed E-state index contributed by atoms with van der Waals surface area (Å²) in [5, 5.41) is 4.08. The molecule has 1 aliphatic rings. The predicted molar refractivity (Wildman–Crippen MR) is 102 cm³/mol. The first kappa shape index (κ1) is 17.9. The lowest BCUT2D eigenvalue weighted by Gasteiger charge is -2.30. The minimum atomic E-state index is -0.344. The quantitative estimate of drug-likeness (QED) is 0.607. The standard InChI is InChI=1S/C20H17BrFN3O2/c21-16-5-1-13(2-6-16)18-23-19(27-24-18)14-9-11-25(12-10-14)20(26)15-3-7-17(22)8-4-15/h1-8,14H,9-12H2. The minimum absolute atomic E-state index is 0.0745. The largest absolute Gasteiger partial charge is 0.339 e. The molecule has 138 valence electrons. The van der Waals surface area contributed by atoms with Gasteiger partial charge in [-0.3, -0.25) is 4.79 Å². The lowest BCUT2D eigenvalue weighted by Crippen LogP contribution is -2.38. The zero-order valence-corrected chi connectivity index (χ0v) is 16.0. The molecule has 2 heterocycles. The number of hydrogen-bond acceptors (Lipinski definition) is 4. The van der Waals surface area contributed by atoms with Gasteiger partial charge in [-0.25, -0.2) is 4.39 Å². The van der Waals surface area contributed by atoms with Crippen LogP contribution in [-0.4, -0.2) is 34.0 Å². The summed E-state index contributed by atoms with van der Waals surface area (Å²) in [6.07, 6.45) is 1.52. The van der Waals surface area contributed by atoms with Gasteiger partial charge in [0.1, 0.15) is 5.82 Å². The van der Waals surface area contributed by atoms with Crippen molar-refractivity contribution in [2.45, 2.75) is 18.8 Å². The lowest BCUT2D eigenvalue weighted by atomic mass is 9.96. The van der Waals surface area contributed by atoms with E-state index in [4.69, 9.17) is 4.52 Å². The topological polar surface area (TPSA) is 59.2 Å². The Morgan fingerprint density at radius 3 is 2.41 bits per heavy atom. The molecule has 0 N–H and O–H groups in total. The highest BCUT2D eigenvalue weighted by Gasteiger charge is 2.28. The Balaban J connectivity index is 1.40. The summed E-state index contributed by atoms with van der Waals surface area (Å²) in [6.45, 7) is 1.22. The Bertz CT molecular complexity index is 933. The second-order valence-corrected chi connectivity index (χ2v) is 7.45. The van der Waals surface area contributed by atoms with Crippen LogP contribution in [0.3, 0.4) is 0 Å². The number of nitrogens with zero attached hydrogens (tertiary/aromatic N) is 3. The van der Waals surface area contributed by atoms with Gasteiger partial charge in [-0.1, -0.05) is 21.1 Å². The van der Waals surface area contributed by atoms with Crippen LogP contribution in [0, 0.1) is 5.82 Å². The molecule has 0 unspecified atom stereocenters. The molecule has 0 radical (unpaired) electrons. The number of aromatic nitrogens is 2. The van der Waals surface area contributed by atoms with Gasteiger partial charge in [0.15, 0.2) is 0 Å². The van der Waals surface area contributed by atoms with Crippen LogP contribution < -0.4 is 0 Å². The average Bonchev–Trinajstić information content (AvgIpc) is 3.19. The molecule has 27 heavy (non-hydrogen) atoms. The zero-order chi connectivity index (χ0) is 18.8. The normalized spacial score (nSPS) is 15.1. The Morgan fingerprint density at radius 1 is 1.07 bits per heavy atom. The number of likely N-dealkylation sites (tertiary alicyclic amines) is 1. The fourth-order valence-electron chi connectivity index (χ4n) is 3.22. The number of halogens is 2. The third kappa shape index (κ3) is 3.93. The van der Waals surface area contributed by atoms with E-state index in [-0.39, 0.29) is 17.6 Å². The summed E-state index contributed by atoms with van der Waals surface area (Å²) in [4.78, 5) is 18.8. The summed E-state index contributed by atoms with van der Waals surface area (Å²) in [5.41, 5.74) is 1.40. The molecular weight excluding hydrogens is 413 g/mol. The Labute approximate surface area is 164 Å². The second kappa shape index (κ2) is 7.60. The fraction of sp³-hybridized carbons (Fsp3) is 0.250. The van der Waals surface area contributed by atoms with Gasteiger partial charge in [0.05, 0.1) is 0 Å². The second-order valence-electron chi connectivity index (χ2n) is 6.54. The fourth-order valence-corrected chi connectivity index (χ4v) is 3.49. The van der Waals surface area contributed by atoms with Crippen LogP contribution in [0.1, 0.15) is 35.0 Å². The van der Waals surface area contributed by atoms with Crippen LogP contribution in [0.5, 0.6) is 0 Å². The molecule has 0 bridgehead atoms. The molecule has 0 spiro atoms. The van der Waals surface area contributed by atoms with Gasteiger partial charge in [0.2, 0.25) is 11.7 Å². The summed E-state index contributed by atoms with van der Waals surface area (Å²) < 4.78 is 19.5. The van der Waals surface area contributed by atoms with Crippen molar-refractivity contribution in [3.05, 3.63) is 70.3 Å². The van der Waals surface area contributed by atoms with Crippen molar-refractivity contribution in [1.82, 2.24) is 15.0 Å². The van der Waals surface area contributed by atoms with E-state index in [9.17, 15) is 9.18 Å². The molecule has 1 aliphatic heterocycles. The number of carbonyl (C=O) groups is 1. The zero-order valence-electron chi connectivity index (χ0n) is 14.4. The summed E-state index contributed by atoms with van der Waals surface area (Å²) in [5.74, 6) is 0.904. The molecule has 1 fully saturated rings. The summed E-state index contributed by atoms with van der Waals surface area (Å²) >= 11 is 3.41. The molecule has 4 rings (SSSR count). The number of carbonyl (C=O) groups excluding carboxylic acids is 1. The van der Waals surface area contributed by atoms with Crippen LogP contribution in [-0.2, 0) is 0 Å². The van der Waals surface area contributed by atoms with Crippen LogP contribution in [0.25, 0.3) is 11.4 Å². The Hall–Kier alpha value is -2.54. The molecule has 2 aromatic carbocycles. The highest BCUT2D eigenvalue weighted by atomic mass is 79.9. The predicted octanol–water partition coefficient (Wildman–Crippen LogP) is 4.66. The summed E-state index contributed by atoms with van der Waals surface area (Å²) in [6, 6.07) is 13.4. The molecule has 5 nitrogen and oxygen atoms in total. The molecule has 0 aliphatic carbocycles. The van der Waals surface area contributed by atoms with Gasteiger partial charge in [-0.15, -0.1) is 0 Å². The van der Waals surface area contributed by atoms with E-state index in [0.29, 0.717) is 30.4 Å². The smallest absolute Gasteiger partial charge is 0.253 e. The van der Waals surface area contributed by atoms with Crippen LogP contribution in [0.15, 0.2) is 57.5 Å². The Kier molecular flexibility index (Phi) is 5.03. The molecule has 0 saturated carbocycles. The van der Waals surface area contributed by atoms with Crippen LogP contribution in [0.2, 0.25) is 0 Å². The van der Waals surface area contributed by atoms with Gasteiger partial charge in [-0.2, -0.15) is 4.98 Å². The van der Waals surface area contributed by atoms with Crippen LogP contribution in [0.4, 0.5) is 4.39 Å². The van der Waals surface area contributed by atoms with E-state index in [1.54, 1.807) is 4.90 Å². The van der Waals surface area contributed by atoms with E-state index in [1.165, 1.54) is 24.3 Å². The van der Waals surface area contributed by atoms with E-state index in [1.807, 2.05) is 24.3 Å². The van der Waals surface area contributed by atoms with E-state index in [2.05, 4.69) is 26.1 Å². The van der Waals surface area contributed by atoms with Crippen LogP contribution >= 0.6 is 15.9 Å². The lowest BCUT2D eigenvalue weighted by molar-refractivity contribution is 0.0704. The Morgan fingerprint density at radius 2 is 1.74 bits per heavy atom. The highest BCUT2D eigenvalue weighted by Crippen LogP contribution is 2.29. The first-order valence-corrected chi connectivity index (χ1v) is 9.54. The van der Waals surface area contributed by atoms with E-state index < -0.39 is 0 Å². The first-order chi connectivity index (χ1) is 13.1. The molecule has 1 amide bonds. The van der Waals surface area contributed by atoms with Crippen molar-refractivity contribution in [2.24, 2.45) is 0 Å². The molecule has 7 heteroatoms. The molecule has 1 saturated heterocycles. The number of amides is 1. The maximum Gasteiger partial charge on any atom is 0.253 e. The highest BCUT2D eigenvalue weighted by molar-refractivity contribution is 9.10. The monoisotopic (exact) mass is 429 g/mol. The molecule has 3 aromatic rings. The van der Waals surface area contributed by atoms with Gasteiger partial charge in [-0.05, 0) is 61.4 Å². The van der Waals surface area contributed by atoms with E-state index >= 15 is 0 Å². The van der Waals surface area contributed by atoms with Crippen molar-refractivity contribution in [2.75, 3.05) is 13.1 Å². The minimum Gasteiger partial charge on any atom is -0.339 e. The number of hydrogen-bond donors (Lipinski definition) is 0. The maximum absolute atomic E-state index is 13.0. The SMILES string of the molecule is O=C(c1ccc(F)cc1)N1CCC(c2nc(-c3ccc(Br)cc3)no2)CC1. The third-order valence-corrected chi connectivity index (χ3v) is 5.30. The van der Waals surface area contributed by atoms with Crippen molar-refractivity contribution in [3.63, 3.8) is 0 Å². The van der Waals surface area contributed by atoms with E-state index in [0.717, 1.165) is 22.9 Å². The average molecular weight is 430 g/mol. The summed E-state index contributed by atoms with van der Waals surface area (Å²) in [7, 11) is 0. The number of benzene rings is 2. The third-order valence-electron chi connectivity index (χ3n) is 4.77. The molecule has 0 atom stereocenters. The van der Waals surface area contributed by atoms with Gasteiger partial charge in [0, 0.05) is 34.6 Å². The van der Waals surface area contributed by atoms with Gasteiger partial charge in [0.25, 0.3) is 5.91 Å². The van der Waals surface area contributed by atoms with Gasteiger partial charge >= 0.3 is 0 Å². The molecule has 1 aromatic heterocycles. The van der Waals surface area contributed by atoms with Gasteiger partial charge < -0.3 is 9.42 Å². The number of piperidine rings is 1.